The van der Waals surface area contributed by atoms with Crippen molar-refractivity contribution in [3.63, 3.8) is 0 Å². The fourth-order valence-electron chi connectivity index (χ4n) is 3.74. The average Bonchev–Trinajstić information content (AvgIpc) is 3.46. The van der Waals surface area contributed by atoms with Crippen LogP contribution in [0.15, 0.2) is 59.1 Å². The molecule has 3 heterocycles. The maximum Gasteiger partial charge on any atom is 0.276 e. The highest BCUT2D eigenvalue weighted by molar-refractivity contribution is 5.93. The van der Waals surface area contributed by atoms with E-state index in [1.807, 2.05) is 36.4 Å². The molecule has 3 aromatic rings. The number of amides is 1. The van der Waals surface area contributed by atoms with Crippen LogP contribution in [-0.4, -0.2) is 40.5 Å². The molecule has 5 rings (SSSR count). The second-order valence-electron chi connectivity index (χ2n) is 6.92. The number of aliphatic hydroxyl groups excluding tert-OH is 1. The van der Waals surface area contributed by atoms with E-state index in [-0.39, 0.29) is 31.0 Å². The Morgan fingerprint density at radius 2 is 1.89 bits per heavy atom. The van der Waals surface area contributed by atoms with E-state index in [2.05, 4.69) is 5.16 Å². The lowest BCUT2D eigenvalue weighted by molar-refractivity contribution is 0.0705. The van der Waals surface area contributed by atoms with Gasteiger partial charge in [0, 0.05) is 18.2 Å². The van der Waals surface area contributed by atoms with Crippen LogP contribution in [0.3, 0.4) is 0 Å². The van der Waals surface area contributed by atoms with Gasteiger partial charge in [0.05, 0.1) is 12.1 Å². The summed E-state index contributed by atoms with van der Waals surface area (Å²) in [6.07, 6.45) is -0.0582. The Morgan fingerprint density at radius 1 is 1.07 bits per heavy atom. The van der Waals surface area contributed by atoms with Crippen molar-refractivity contribution < 1.29 is 23.9 Å². The molecule has 2 aliphatic rings. The Balaban J connectivity index is 1.41. The highest BCUT2D eigenvalue weighted by Crippen LogP contribution is 2.37. The van der Waals surface area contributed by atoms with Crippen molar-refractivity contribution in [2.24, 2.45) is 0 Å². The van der Waals surface area contributed by atoms with Gasteiger partial charge in [-0.3, -0.25) is 4.79 Å². The smallest absolute Gasteiger partial charge is 0.276 e. The second-order valence-corrected chi connectivity index (χ2v) is 6.92. The molecular formula is C21H18N2O5. The van der Waals surface area contributed by atoms with Gasteiger partial charge in [0.1, 0.15) is 0 Å². The monoisotopic (exact) mass is 378 g/mol. The molecule has 0 radical (unpaired) electrons. The van der Waals surface area contributed by atoms with E-state index in [1.54, 1.807) is 23.1 Å². The van der Waals surface area contributed by atoms with E-state index in [0.29, 0.717) is 23.7 Å². The van der Waals surface area contributed by atoms with E-state index in [0.717, 1.165) is 11.1 Å². The first kappa shape index (κ1) is 16.8. The predicted molar refractivity (Wildman–Crippen MR) is 98.9 cm³/mol. The second kappa shape index (κ2) is 6.69. The van der Waals surface area contributed by atoms with Crippen molar-refractivity contribution >= 4 is 5.91 Å². The van der Waals surface area contributed by atoms with Crippen molar-refractivity contribution in [3.8, 4) is 22.8 Å². The van der Waals surface area contributed by atoms with Crippen molar-refractivity contribution in [1.29, 1.82) is 0 Å². The highest BCUT2D eigenvalue weighted by Gasteiger charge is 2.36. The SMILES string of the molecule is O=C(c1cc(-c2ccc3c(c2)OCO3)on1)N1C[C@@H](O)C[C@H]1c1ccccc1. The third-order valence-electron chi connectivity index (χ3n) is 5.11. The Morgan fingerprint density at radius 3 is 2.75 bits per heavy atom. The summed E-state index contributed by atoms with van der Waals surface area (Å²) < 4.78 is 16.1. The van der Waals surface area contributed by atoms with E-state index in [9.17, 15) is 9.90 Å². The summed E-state index contributed by atoms with van der Waals surface area (Å²) in [7, 11) is 0. The lowest BCUT2D eigenvalue weighted by atomic mass is 10.0. The van der Waals surface area contributed by atoms with Crippen LogP contribution in [0.2, 0.25) is 0 Å². The summed E-state index contributed by atoms with van der Waals surface area (Å²) in [4.78, 5) is 14.7. The minimum atomic E-state index is -0.561. The minimum Gasteiger partial charge on any atom is -0.454 e. The third kappa shape index (κ3) is 2.90. The zero-order valence-electron chi connectivity index (χ0n) is 14.9. The predicted octanol–water partition coefficient (Wildman–Crippen LogP) is 3.02. The van der Waals surface area contributed by atoms with E-state index < -0.39 is 6.10 Å². The number of fused-ring (bicyclic) bond motifs is 1. The van der Waals surface area contributed by atoms with Crippen LogP contribution in [-0.2, 0) is 0 Å². The number of aliphatic hydroxyl groups is 1. The van der Waals surface area contributed by atoms with Gasteiger partial charge in [0.25, 0.3) is 5.91 Å². The fourth-order valence-corrected chi connectivity index (χ4v) is 3.74. The standard InChI is InChI=1S/C21H18N2O5/c24-15-9-17(13-4-2-1-3-5-13)23(11-15)21(25)16-10-19(28-22-16)14-6-7-18-20(8-14)27-12-26-18/h1-8,10,15,17,24H,9,11-12H2/t15-,17-/m0/s1. The van der Waals surface area contributed by atoms with Crippen LogP contribution in [0.25, 0.3) is 11.3 Å². The van der Waals surface area contributed by atoms with Crippen LogP contribution < -0.4 is 9.47 Å². The molecule has 142 valence electrons. The molecule has 0 bridgehead atoms. The Hall–Kier alpha value is -3.32. The normalized spacial score (nSPS) is 20.5. The highest BCUT2D eigenvalue weighted by atomic mass is 16.7. The topological polar surface area (TPSA) is 85.0 Å². The summed E-state index contributed by atoms with van der Waals surface area (Å²) in [5, 5.41) is 14.1. The number of nitrogens with zero attached hydrogens (tertiary/aromatic N) is 2. The molecule has 1 saturated heterocycles. The van der Waals surface area contributed by atoms with Gasteiger partial charge in [0.15, 0.2) is 23.0 Å². The first-order valence-corrected chi connectivity index (χ1v) is 9.10. The molecule has 2 atom stereocenters. The molecular weight excluding hydrogens is 360 g/mol. The van der Waals surface area contributed by atoms with Crippen LogP contribution in [0.4, 0.5) is 0 Å². The number of likely N-dealkylation sites (tertiary alicyclic amines) is 1. The summed E-state index contributed by atoms with van der Waals surface area (Å²) >= 11 is 0. The van der Waals surface area contributed by atoms with Crippen LogP contribution >= 0.6 is 0 Å². The number of β-amino-alcohol motifs (C(OH)–C–C–N with tert-alkyl or cyclic N) is 1. The molecule has 1 aromatic heterocycles. The molecule has 7 nitrogen and oxygen atoms in total. The minimum absolute atomic E-state index is 0.186. The largest absolute Gasteiger partial charge is 0.454 e. The van der Waals surface area contributed by atoms with Gasteiger partial charge in [-0.1, -0.05) is 35.5 Å². The molecule has 2 aromatic carbocycles. The fraction of sp³-hybridized carbons (Fsp3) is 0.238. The molecule has 0 spiro atoms. The van der Waals surface area contributed by atoms with Gasteiger partial charge in [-0.05, 0) is 30.2 Å². The maximum absolute atomic E-state index is 13.1. The number of carbonyl (C=O) groups is 1. The molecule has 0 aliphatic carbocycles. The van der Waals surface area contributed by atoms with Gasteiger partial charge in [-0.15, -0.1) is 0 Å². The summed E-state index contributed by atoms with van der Waals surface area (Å²) in [5.41, 5.74) is 1.95. The number of benzene rings is 2. The van der Waals surface area contributed by atoms with Gasteiger partial charge < -0.3 is 24.0 Å². The molecule has 0 unspecified atom stereocenters. The Labute approximate surface area is 161 Å². The zero-order valence-corrected chi connectivity index (χ0v) is 14.9. The quantitative estimate of drug-likeness (QED) is 0.754. The number of carbonyl (C=O) groups excluding carboxylic acids is 1. The van der Waals surface area contributed by atoms with Gasteiger partial charge in [-0.2, -0.15) is 0 Å². The third-order valence-corrected chi connectivity index (χ3v) is 5.11. The summed E-state index contributed by atoms with van der Waals surface area (Å²) in [5.74, 6) is 1.52. The first-order chi connectivity index (χ1) is 13.7. The molecule has 0 saturated carbocycles. The van der Waals surface area contributed by atoms with E-state index in [4.69, 9.17) is 14.0 Å². The van der Waals surface area contributed by atoms with Crippen LogP contribution in [0.1, 0.15) is 28.5 Å². The molecule has 2 aliphatic heterocycles. The van der Waals surface area contributed by atoms with Crippen molar-refractivity contribution in [3.05, 3.63) is 65.9 Å². The van der Waals surface area contributed by atoms with Crippen LogP contribution in [0, 0.1) is 0 Å². The Kier molecular flexibility index (Phi) is 4.02. The lowest BCUT2D eigenvalue weighted by Crippen LogP contribution is -2.32. The molecule has 1 N–H and O–H groups in total. The number of rotatable bonds is 3. The number of aromatic nitrogens is 1. The van der Waals surface area contributed by atoms with Gasteiger partial charge in [-0.25, -0.2) is 0 Å². The number of hydrogen-bond donors (Lipinski definition) is 1. The first-order valence-electron chi connectivity index (χ1n) is 9.10. The zero-order chi connectivity index (χ0) is 19.1. The molecule has 1 amide bonds. The molecule has 7 heteroatoms. The van der Waals surface area contributed by atoms with Crippen molar-refractivity contribution in [2.75, 3.05) is 13.3 Å². The van der Waals surface area contributed by atoms with E-state index in [1.165, 1.54) is 0 Å². The van der Waals surface area contributed by atoms with Gasteiger partial charge in [0.2, 0.25) is 6.79 Å². The number of hydrogen-bond acceptors (Lipinski definition) is 6. The van der Waals surface area contributed by atoms with Crippen molar-refractivity contribution in [2.45, 2.75) is 18.6 Å². The van der Waals surface area contributed by atoms with E-state index >= 15 is 0 Å². The Bertz CT molecular complexity index is 1020. The molecule has 1 fully saturated rings. The number of ether oxygens (including phenoxy) is 2. The van der Waals surface area contributed by atoms with Gasteiger partial charge >= 0.3 is 0 Å². The molecule has 28 heavy (non-hydrogen) atoms. The lowest BCUT2D eigenvalue weighted by Gasteiger charge is -2.23. The summed E-state index contributed by atoms with van der Waals surface area (Å²) in [6.45, 7) is 0.460. The van der Waals surface area contributed by atoms with Crippen LogP contribution in [0.5, 0.6) is 11.5 Å². The maximum atomic E-state index is 13.1. The van der Waals surface area contributed by atoms with Crippen molar-refractivity contribution in [1.82, 2.24) is 10.1 Å². The average molecular weight is 378 g/mol. The summed E-state index contributed by atoms with van der Waals surface area (Å²) in [6, 6.07) is 16.6.